The Hall–Kier alpha value is -1.75. The maximum Gasteiger partial charge on any atom is 0.179 e. The standard InChI is InChI=1S/C12H17N5/c1-9-3-4-11(10(2)7-9)8-12-14-16-17(15-12)6-5-13/h3-4,7H,5-6,8,13H2,1-2H3. The quantitative estimate of drug-likeness (QED) is 0.846. The van der Waals surface area contributed by atoms with Crippen LogP contribution >= 0.6 is 0 Å². The van der Waals surface area contributed by atoms with E-state index in [2.05, 4.69) is 47.5 Å². The minimum absolute atomic E-state index is 0.527. The number of benzene rings is 1. The van der Waals surface area contributed by atoms with E-state index < -0.39 is 0 Å². The van der Waals surface area contributed by atoms with Gasteiger partial charge in [-0.05, 0) is 30.2 Å². The highest BCUT2D eigenvalue weighted by Gasteiger charge is 2.06. The first kappa shape index (κ1) is 11.7. The van der Waals surface area contributed by atoms with E-state index in [1.807, 2.05) is 0 Å². The molecule has 0 saturated carbocycles. The maximum atomic E-state index is 5.43. The van der Waals surface area contributed by atoms with Crippen molar-refractivity contribution in [3.63, 3.8) is 0 Å². The van der Waals surface area contributed by atoms with Gasteiger partial charge >= 0.3 is 0 Å². The van der Waals surface area contributed by atoms with E-state index in [1.165, 1.54) is 16.7 Å². The van der Waals surface area contributed by atoms with Gasteiger partial charge < -0.3 is 5.73 Å². The molecule has 0 amide bonds. The molecule has 5 heteroatoms. The molecule has 0 aliphatic rings. The van der Waals surface area contributed by atoms with Crippen LogP contribution in [-0.4, -0.2) is 26.8 Å². The van der Waals surface area contributed by atoms with E-state index in [9.17, 15) is 0 Å². The van der Waals surface area contributed by atoms with Crippen LogP contribution in [0.15, 0.2) is 18.2 Å². The summed E-state index contributed by atoms with van der Waals surface area (Å²) in [5.41, 5.74) is 9.21. The van der Waals surface area contributed by atoms with Crippen molar-refractivity contribution in [1.29, 1.82) is 0 Å². The Morgan fingerprint density at radius 1 is 1.29 bits per heavy atom. The Kier molecular flexibility index (Phi) is 3.49. The van der Waals surface area contributed by atoms with Gasteiger partial charge in [-0.3, -0.25) is 0 Å². The van der Waals surface area contributed by atoms with E-state index in [1.54, 1.807) is 4.80 Å². The van der Waals surface area contributed by atoms with Crippen LogP contribution in [0.1, 0.15) is 22.5 Å². The third-order valence-corrected chi connectivity index (χ3v) is 2.67. The third-order valence-electron chi connectivity index (χ3n) is 2.67. The predicted molar refractivity (Wildman–Crippen MR) is 65.6 cm³/mol. The highest BCUT2D eigenvalue weighted by molar-refractivity contribution is 5.32. The lowest BCUT2D eigenvalue weighted by molar-refractivity contribution is 0.529. The van der Waals surface area contributed by atoms with Crippen LogP contribution in [0.4, 0.5) is 0 Å². The maximum absolute atomic E-state index is 5.43. The molecule has 0 bridgehead atoms. The first-order valence-corrected chi connectivity index (χ1v) is 5.72. The number of aromatic nitrogens is 4. The summed E-state index contributed by atoms with van der Waals surface area (Å²) in [6.45, 7) is 5.33. The second kappa shape index (κ2) is 5.05. The van der Waals surface area contributed by atoms with Crippen molar-refractivity contribution >= 4 is 0 Å². The predicted octanol–water partition coefficient (Wildman–Crippen LogP) is 0.839. The molecule has 2 N–H and O–H groups in total. The highest BCUT2D eigenvalue weighted by Crippen LogP contribution is 2.13. The highest BCUT2D eigenvalue weighted by atomic mass is 15.6. The Bertz CT molecular complexity index is 503. The van der Waals surface area contributed by atoms with Crippen molar-refractivity contribution < 1.29 is 0 Å². The molecule has 2 aromatic rings. The first-order chi connectivity index (χ1) is 8.19. The number of nitrogens with zero attached hydrogens (tertiary/aromatic N) is 4. The summed E-state index contributed by atoms with van der Waals surface area (Å²) in [4.78, 5) is 1.54. The number of aryl methyl sites for hydroxylation is 2. The molecular formula is C12H17N5. The average Bonchev–Trinajstić information content (AvgIpc) is 2.71. The van der Waals surface area contributed by atoms with Crippen LogP contribution in [0.5, 0.6) is 0 Å². The fourth-order valence-corrected chi connectivity index (χ4v) is 1.77. The van der Waals surface area contributed by atoms with Crippen molar-refractivity contribution in [1.82, 2.24) is 20.2 Å². The number of rotatable bonds is 4. The Balaban J connectivity index is 2.13. The molecule has 0 saturated heterocycles. The zero-order chi connectivity index (χ0) is 12.3. The smallest absolute Gasteiger partial charge is 0.179 e. The normalized spacial score (nSPS) is 10.8. The Labute approximate surface area is 101 Å². The van der Waals surface area contributed by atoms with Crippen LogP contribution in [0.25, 0.3) is 0 Å². The first-order valence-electron chi connectivity index (χ1n) is 5.72. The minimum atomic E-state index is 0.527. The van der Waals surface area contributed by atoms with Gasteiger partial charge in [0.15, 0.2) is 5.82 Å². The summed E-state index contributed by atoms with van der Waals surface area (Å²) >= 11 is 0. The van der Waals surface area contributed by atoms with Crippen LogP contribution in [-0.2, 0) is 13.0 Å². The fraction of sp³-hybridized carbons (Fsp3) is 0.417. The summed E-state index contributed by atoms with van der Waals surface area (Å²) in [6, 6.07) is 6.39. The lowest BCUT2D eigenvalue weighted by Crippen LogP contribution is -2.12. The topological polar surface area (TPSA) is 69.6 Å². The van der Waals surface area contributed by atoms with Crippen molar-refractivity contribution in [2.75, 3.05) is 6.54 Å². The van der Waals surface area contributed by atoms with Crippen molar-refractivity contribution in [3.05, 3.63) is 40.7 Å². The van der Waals surface area contributed by atoms with Crippen LogP contribution in [0.2, 0.25) is 0 Å². The Morgan fingerprint density at radius 2 is 2.12 bits per heavy atom. The van der Waals surface area contributed by atoms with E-state index >= 15 is 0 Å². The summed E-state index contributed by atoms with van der Waals surface area (Å²) in [6.07, 6.45) is 0.719. The molecule has 0 spiro atoms. The van der Waals surface area contributed by atoms with Crippen LogP contribution < -0.4 is 5.73 Å². The molecule has 90 valence electrons. The molecule has 0 unspecified atom stereocenters. The van der Waals surface area contributed by atoms with Gasteiger partial charge in [0.2, 0.25) is 0 Å². The van der Waals surface area contributed by atoms with Gasteiger partial charge in [-0.2, -0.15) is 4.80 Å². The Morgan fingerprint density at radius 3 is 2.82 bits per heavy atom. The largest absolute Gasteiger partial charge is 0.329 e. The molecule has 1 aromatic carbocycles. The van der Waals surface area contributed by atoms with Gasteiger partial charge in [-0.15, -0.1) is 10.2 Å². The number of hydrogen-bond donors (Lipinski definition) is 1. The molecule has 17 heavy (non-hydrogen) atoms. The van der Waals surface area contributed by atoms with Gasteiger partial charge in [0, 0.05) is 13.0 Å². The van der Waals surface area contributed by atoms with Crippen molar-refractivity contribution in [2.24, 2.45) is 5.73 Å². The third kappa shape index (κ3) is 2.88. The molecule has 0 atom stereocenters. The summed E-state index contributed by atoms with van der Waals surface area (Å²) in [7, 11) is 0. The minimum Gasteiger partial charge on any atom is -0.329 e. The van der Waals surface area contributed by atoms with Crippen LogP contribution in [0.3, 0.4) is 0 Å². The molecule has 5 nitrogen and oxygen atoms in total. The van der Waals surface area contributed by atoms with Gasteiger partial charge in [0.25, 0.3) is 0 Å². The van der Waals surface area contributed by atoms with E-state index in [0.29, 0.717) is 13.1 Å². The monoisotopic (exact) mass is 231 g/mol. The molecule has 1 heterocycles. The van der Waals surface area contributed by atoms with Gasteiger partial charge in [0.1, 0.15) is 0 Å². The van der Waals surface area contributed by atoms with Gasteiger partial charge in [-0.1, -0.05) is 23.8 Å². The van der Waals surface area contributed by atoms with Gasteiger partial charge in [0.05, 0.1) is 6.54 Å². The number of nitrogens with two attached hydrogens (primary N) is 1. The molecule has 1 aromatic heterocycles. The van der Waals surface area contributed by atoms with E-state index in [0.717, 1.165) is 12.2 Å². The average molecular weight is 231 g/mol. The van der Waals surface area contributed by atoms with Crippen molar-refractivity contribution in [3.8, 4) is 0 Å². The molecule has 0 aliphatic carbocycles. The molecule has 2 rings (SSSR count). The zero-order valence-corrected chi connectivity index (χ0v) is 10.2. The van der Waals surface area contributed by atoms with E-state index in [-0.39, 0.29) is 0 Å². The molecule has 0 radical (unpaired) electrons. The zero-order valence-electron chi connectivity index (χ0n) is 10.2. The number of tetrazole rings is 1. The van der Waals surface area contributed by atoms with Crippen LogP contribution in [0, 0.1) is 13.8 Å². The lowest BCUT2D eigenvalue weighted by atomic mass is 10.0. The SMILES string of the molecule is Cc1ccc(Cc2nnn(CCN)n2)c(C)c1. The molecule has 0 fully saturated rings. The summed E-state index contributed by atoms with van der Waals surface area (Å²) < 4.78 is 0. The molecular weight excluding hydrogens is 214 g/mol. The second-order valence-electron chi connectivity index (χ2n) is 4.20. The number of hydrogen-bond acceptors (Lipinski definition) is 4. The fourth-order valence-electron chi connectivity index (χ4n) is 1.77. The molecule has 0 aliphatic heterocycles. The summed E-state index contributed by atoms with van der Waals surface area (Å²) in [5.74, 6) is 0.741. The van der Waals surface area contributed by atoms with E-state index in [4.69, 9.17) is 5.73 Å². The summed E-state index contributed by atoms with van der Waals surface area (Å²) in [5, 5.41) is 12.2. The second-order valence-corrected chi connectivity index (χ2v) is 4.20. The van der Waals surface area contributed by atoms with Gasteiger partial charge in [-0.25, -0.2) is 0 Å². The lowest BCUT2D eigenvalue weighted by Gasteiger charge is -2.03. The van der Waals surface area contributed by atoms with Crippen molar-refractivity contribution in [2.45, 2.75) is 26.8 Å².